The van der Waals surface area contributed by atoms with E-state index in [1.54, 1.807) is 5.32 Å². The van der Waals surface area contributed by atoms with Gasteiger partial charge in [-0.25, -0.2) is 9.59 Å². The number of nitrogens with one attached hydrogen (secondary N) is 1. The van der Waals surface area contributed by atoms with Gasteiger partial charge in [-0.15, -0.1) is 0 Å². The monoisotopic (exact) mass is 260 g/mol. The van der Waals surface area contributed by atoms with Crippen molar-refractivity contribution in [2.75, 3.05) is 0 Å². The minimum Gasteiger partial charge on any atom is -0.480 e. The van der Waals surface area contributed by atoms with Crippen LogP contribution < -0.4 is 11.1 Å². The van der Waals surface area contributed by atoms with Crippen molar-refractivity contribution in [3.63, 3.8) is 0 Å². The standard InChI is InChI=1S/C9H12N2O7/c10-5(6(13)14)2-1-3-9(7(15)16,8(17)18)11-4-12/h1,3-5H,2,10H2,(H,11,12)(H,13,14)(H,15,16)(H,17,18). The molecular formula is C9H12N2O7. The highest BCUT2D eigenvalue weighted by Crippen LogP contribution is 2.09. The summed E-state index contributed by atoms with van der Waals surface area (Å²) in [5.74, 6) is -4.95. The van der Waals surface area contributed by atoms with Crippen molar-refractivity contribution in [2.24, 2.45) is 5.73 Å². The van der Waals surface area contributed by atoms with Gasteiger partial charge < -0.3 is 26.4 Å². The Labute approximate surface area is 101 Å². The van der Waals surface area contributed by atoms with E-state index in [4.69, 9.17) is 21.1 Å². The zero-order chi connectivity index (χ0) is 14.3. The van der Waals surface area contributed by atoms with E-state index in [1.165, 1.54) is 0 Å². The third-order valence-corrected chi connectivity index (χ3v) is 2.04. The number of carbonyl (C=O) groups is 4. The molecule has 0 radical (unpaired) electrons. The van der Waals surface area contributed by atoms with Crippen LogP contribution in [0.3, 0.4) is 0 Å². The lowest BCUT2D eigenvalue weighted by molar-refractivity contribution is -0.157. The fourth-order valence-corrected chi connectivity index (χ4v) is 0.991. The molecule has 0 aromatic rings. The Morgan fingerprint density at radius 3 is 2.06 bits per heavy atom. The molecule has 0 bridgehead atoms. The number of carboxylic acid groups (broad SMARTS) is 3. The Kier molecular flexibility index (Phi) is 5.49. The third-order valence-electron chi connectivity index (χ3n) is 2.04. The Hall–Kier alpha value is -2.42. The molecule has 6 N–H and O–H groups in total. The summed E-state index contributed by atoms with van der Waals surface area (Å²) >= 11 is 0. The van der Waals surface area contributed by atoms with Crippen molar-refractivity contribution < 1.29 is 34.5 Å². The van der Waals surface area contributed by atoms with Crippen LogP contribution in [-0.2, 0) is 19.2 Å². The first-order valence-electron chi connectivity index (χ1n) is 4.62. The molecular weight excluding hydrogens is 248 g/mol. The molecule has 0 fully saturated rings. The highest BCUT2D eigenvalue weighted by Gasteiger charge is 2.44. The minimum absolute atomic E-state index is 0.0797. The topological polar surface area (TPSA) is 167 Å². The van der Waals surface area contributed by atoms with Crippen LogP contribution in [-0.4, -0.2) is 51.2 Å². The SMILES string of the molecule is NC(CC=CC(NC=O)(C(=O)O)C(=O)O)C(=O)O. The smallest absolute Gasteiger partial charge is 0.345 e. The molecule has 9 heteroatoms. The summed E-state index contributed by atoms with van der Waals surface area (Å²) in [4.78, 5) is 42.4. The van der Waals surface area contributed by atoms with Gasteiger partial charge in [0.25, 0.3) is 5.54 Å². The van der Waals surface area contributed by atoms with Gasteiger partial charge in [0.05, 0.1) is 0 Å². The highest BCUT2D eigenvalue weighted by molar-refractivity contribution is 6.07. The van der Waals surface area contributed by atoms with E-state index in [0.29, 0.717) is 6.08 Å². The second kappa shape index (κ2) is 6.35. The van der Waals surface area contributed by atoms with Gasteiger partial charge in [0.2, 0.25) is 6.41 Å². The number of amides is 1. The van der Waals surface area contributed by atoms with Crippen molar-refractivity contribution >= 4 is 24.3 Å². The summed E-state index contributed by atoms with van der Waals surface area (Å²) < 4.78 is 0. The van der Waals surface area contributed by atoms with Crippen LogP contribution in [0.25, 0.3) is 0 Å². The van der Waals surface area contributed by atoms with E-state index in [-0.39, 0.29) is 12.8 Å². The largest absolute Gasteiger partial charge is 0.480 e. The van der Waals surface area contributed by atoms with Crippen molar-refractivity contribution in [1.29, 1.82) is 0 Å². The third kappa shape index (κ3) is 3.56. The maximum absolute atomic E-state index is 10.9. The number of carboxylic acids is 3. The molecule has 0 aliphatic rings. The number of rotatable bonds is 8. The van der Waals surface area contributed by atoms with Crippen molar-refractivity contribution in [3.8, 4) is 0 Å². The molecule has 0 heterocycles. The predicted octanol–water partition coefficient (Wildman–Crippen LogP) is -2.00. The first-order valence-corrected chi connectivity index (χ1v) is 4.62. The fourth-order valence-electron chi connectivity index (χ4n) is 0.991. The second-order valence-electron chi connectivity index (χ2n) is 3.26. The summed E-state index contributed by atoms with van der Waals surface area (Å²) in [6, 6.07) is -1.29. The molecule has 100 valence electrons. The van der Waals surface area contributed by atoms with Crippen LogP contribution in [0.15, 0.2) is 12.2 Å². The molecule has 1 amide bonds. The lowest BCUT2D eigenvalue weighted by Gasteiger charge is -2.19. The zero-order valence-corrected chi connectivity index (χ0v) is 9.07. The van der Waals surface area contributed by atoms with Gasteiger partial charge in [0, 0.05) is 0 Å². The number of carbonyl (C=O) groups excluding carboxylic acids is 1. The van der Waals surface area contributed by atoms with E-state index in [9.17, 15) is 19.2 Å². The van der Waals surface area contributed by atoms with Crippen LogP contribution in [0.2, 0.25) is 0 Å². The van der Waals surface area contributed by atoms with E-state index in [2.05, 4.69) is 0 Å². The van der Waals surface area contributed by atoms with Gasteiger partial charge in [0.1, 0.15) is 6.04 Å². The van der Waals surface area contributed by atoms with Crippen LogP contribution in [0, 0.1) is 0 Å². The normalized spacial score (nSPS) is 12.9. The average molecular weight is 260 g/mol. The number of nitrogens with two attached hydrogens (primary N) is 1. The van der Waals surface area contributed by atoms with E-state index < -0.39 is 29.5 Å². The zero-order valence-electron chi connectivity index (χ0n) is 9.07. The first kappa shape index (κ1) is 15.6. The second-order valence-corrected chi connectivity index (χ2v) is 3.26. The predicted molar refractivity (Wildman–Crippen MR) is 56.6 cm³/mol. The molecule has 9 nitrogen and oxygen atoms in total. The molecule has 1 unspecified atom stereocenters. The molecule has 0 saturated carbocycles. The molecule has 0 aliphatic carbocycles. The molecule has 0 aromatic heterocycles. The first-order chi connectivity index (χ1) is 8.27. The molecule has 0 saturated heterocycles. The molecule has 0 aromatic carbocycles. The summed E-state index contributed by atoms with van der Waals surface area (Å²) in [5, 5.41) is 27.7. The fraction of sp³-hybridized carbons (Fsp3) is 0.333. The molecule has 0 spiro atoms. The van der Waals surface area contributed by atoms with Gasteiger partial charge in [-0.3, -0.25) is 9.59 Å². The van der Waals surface area contributed by atoms with Gasteiger partial charge in [-0.05, 0) is 12.5 Å². The van der Waals surface area contributed by atoms with E-state index >= 15 is 0 Å². The maximum atomic E-state index is 10.9. The van der Waals surface area contributed by atoms with Crippen LogP contribution >= 0.6 is 0 Å². The molecule has 18 heavy (non-hydrogen) atoms. The molecule has 0 aliphatic heterocycles. The number of aliphatic carboxylic acids is 3. The molecule has 0 rings (SSSR count). The number of hydrogen-bond donors (Lipinski definition) is 5. The summed E-state index contributed by atoms with van der Waals surface area (Å²) in [7, 11) is 0. The maximum Gasteiger partial charge on any atom is 0.345 e. The van der Waals surface area contributed by atoms with Crippen LogP contribution in [0.4, 0.5) is 0 Å². The lowest BCUT2D eigenvalue weighted by atomic mass is 9.98. The average Bonchev–Trinajstić information content (AvgIpc) is 2.26. The minimum atomic E-state index is -2.64. The Morgan fingerprint density at radius 2 is 1.72 bits per heavy atom. The van der Waals surface area contributed by atoms with E-state index in [0.717, 1.165) is 6.08 Å². The van der Waals surface area contributed by atoms with Gasteiger partial charge >= 0.3 is 17.9 Å². The van der Waals surface area contributed by atoms with Crippen molar-refractivity contribution in [1.82, 2.24) is 5.32 Å². The quantitative estimate of drug-likeness (QED) is 0.190. The Balaban J connectivity index is 5.06. The van der Waals surface area contributed by atoms with E-state index in [1.807, 2.05) is 0 Å². The Bertz CT molecular complexity index is 376. The lowest BCUT2D eigenvalue weighted by Crippen LogP contribution is -2.56. The van der Waals surface area contributed by atoms with Crippen molar-refractivity contribution in [3.05, 3.63) is 12.2 Å². The van der Waals surface area contributed by atoms with Gasteiger partial charge in [-0.2, -0.15) is 0 Å². The molecule has 1 atom stereocenters. The van der Waals surface area contributed by atoms with Crippen molar-refractivity contribution in [2.45, 2.75) is 18.0 Å². The summed E-state index contributed by atoms with van der Waals surface area (Å²) in [6.07, 6.45) is 1.27. The Morgan fingerprint density at radius 1 is 1.22 bits per heavy atom. The summed E-state index contributed by atoms with van der Waals surface area (Å²) in [6.45, 7) is 0. The van der Waals surface area contributed by atoms with Crippen LogP contribution in [0.5, 0.6) is 0 Å². The number of hydrogen-bond acceptors (Lipinski definition) is 5. The summed E-state index contributed by atoms with van der Waals surface area (Å²) in [5.41, 5.74) is 2.50. The van der Waals surface area contributed by atoms with Gasteiger partial charge in [0.15, 0.2) is 0 Å². The van der Waals surface area contributed by atoms with Gasteiger partial charge in [-0.1, -0.05) is 6.08 Å². The van der Waals surface area contributed by atoms with Crippen LogP contribution in [0.1, 0.15) is 6.42 Å². The highest BCUT2D eigenvalue weighted by atomic mass is 16.4.